The molecule has 0 fully saturated rings. The molecule has 0 aromatic heterocycles. The summed E-state index contributed by atoms with van der Waals surface area (Å²) >= 11 is 0. The Bertz CT molecular complexity index is 363. The average molecular weight is 171 g/mol. The van der Waals surface area contributed by atoms with Gasteiger partial charge in [0.15, 0.2) is 0 Å². The minimum atomic E-state index is -1.15. The van der Waals surface area contributed by atoms with E-state index in [1.54, 1.807) is 18.2 Å². The fraction of sp³-hybridized carbons (Fsp3) is 0.222. The zero-order valence-corrected chi connectivity index (χ0v) is 6.69. The molecule has 0 radical (unpaired) electrons. The summed E-state index contributed by atoms with van der Waals surface area (Å²) in [6.45, 7) is 0. The summed E-state index contributed by atoms with van der Waals surface area (Å²) < 4.78 is 5.00. The molecule has 1 unspecified atom stereocenters. The molecule has 0 saturated heterocycles. The van der Waals surface area contributed by atoms with Gasteiger partial charge >= 0.3 is 0 Å². The maximum Gasteiger partial charge on any atom is 0.217 e. The van der Waals surface area contributed by atoms with E-state index in [0.717, 1.165) is 0 Å². The summed E-state index contributed by atoms with van der Waals surface area (Å²) in [5.41, 5.74) is -1.26. The maximum atomic E-state index is 8.78. The standard InChI is InChI=1S/C9H5N3O/c10-5-8(6-11)4-9(7-12)2-1-3-13-9/h1,3-4H,2H2. The van der Waals surface area contributed by atoms with E-state index in [1.165, 1.54) is 12.3 Å². The Labute approximate surface area is 75.6 Å². The number of nitriles is 3. The molecule has 4 heteroatoms. The van der Waals surface area contributed by atoms with Crippen molar-refractivity contribution < 1.29 is 4.74 Å². The van der Waals surface area contributed by atoms with Crippen LogP contribution in [-0.2, 0) is 4.74 Å². The van der Waals surface area contributed by atoms with Crippen molar-refractivity contribution in [3.8, 4) is 18.2 Å². The SMILES string of the molecule is N#CC(C#N)=CC1(C#N)CC=CO1. The number of nitrogens with zero attached hydrogens (tertiary/aromatic N) is 3. The number of hydrogen-bond donors (Lipinski definition) is 0. The van der Waals surface area contributed by atoms with Gasteiger partial charge < -0.3 is 4.74 Å². The maximum absolute atomic E-state index is 8.78. The van der Waals surface area contributed by atoms with Gasteiger partial charge in [0.05, 0.1) is 6.26 Å². The Morgan fingerprint density at radius 1 is 1.38 bits per heavy atom. The number of rotatable bonds is 1. The van der Waals surface area contributed by atoms with Crippen LogP contribution in [0.25, 0.3) is 0 Å². The molecule has 0 saturated carbocycles. The van der Waals surface area contributed by atoms with Gasteiger partial charge in [-0.2, -0.15) is 15.8 Å². The van der Waals surface area contributed by atoms with E-state index in [2.05, 4.69) is 0 Å². The first kappa shape index (κ1) is 8.84. The summed E-state index contributed by atoms with van der Waals surface area (Å²) in [7, 11) is 0. The molecular weight excluding hydrogens is 166 g/mol. The van der Waals surface area contributed by atoms with Crippen molar-refractivity contribution in [1.82, 2.24) is 0 Å². The molecule has 62 valence electrons. The van der Waals surface area contributed by atoms with E-state index in [4.69, 9.17) is 20.5 Å². The minimum absolute atomic E-state index is 0.106. The lowest BCUT2D eigenvalue weighted by Crippen LogP contribution is -2.22. The van der Waals surface area contributed by atoms with Gasteiger partial charge in [0.2, 0.25) is 5.60 Å². The predicted octanol–water partition coefficient (Wildman–Crippen LogP) is 1.16. The lowest BCUT2D eigenvalue weighted by molar-refractivity contribution is 0.148. The van der Waals surface area contributed by atoms with Crippen molar-refractivity contribution in [3.05, 3.63) is 24.0 Å². The first-order valence-corrected chi connectivity index (χ1v) is 3.53. The zero-order chi connectivity index (χ0) is 9.73. The highest BCUT2D eigenvalue weighted by Crippen LogP contribution is 2.25. The van der Waals surface area contributed by atoms with Gasteiger partial charge in [0.25, 0.3) is 0 Å². The van der Waals surface area contributed by atoms with Gasteiger partial charge in [-0.3, -0.25) is 0 Å². The first-order valence-electron chi connectivity index (χ1n) is 3.53. The van der Waals surface area contributed by atoms with Crippen LogP contribution >= 0.6 is 0 Å². The van der Waals surface area contributed by atoms with Crippen LogP contribution in [-0.4, -0.2) is 5.60 Å². The van der Waals surface area contributed by atoms with Crippen molar-refractivity contribution in [2.24, 2.45) is 0 Å². The highest BCUT2D eigenvalue weighted by atomic mass is 16.5. The molecule has 0 bridgehead atoms. The Morgan fingerprint density at radius 2 is 2.08 bits per heavy atom. The molecule has 1 aliphatic rings. The topological polar surface area (TPSA) is 80.6 Å². The molecule has 1 heterocycles. The highest BCUT2D eigenvalue weighted by Gasteiger charge is 2.31. The number of allylic oxidation sites excluding steroid dienone is 1. The van der Waals surface area contributed by atoms with Crippen molar-refractivity contribution in [2.75, 3.05) is 0 Å². The van der Waals surface area contributed by atoms with Crippen LogP contribution < -0.4 is 0 Å². The van der Waals surface area contributed by atoms with Gasteiger partial charge in [-0.05, 0) is 6.08 Å². The normalized spacial score (nSPS) is 23.5. The molecule has 0 spiro atoms. The van der Waals surface area contributed by atoms with Gasteiger partial charge in [-0.1, -0.05) is 0 Å². The van der Waals surface area contributed by atoms with Crippen LogP contribution in [0.5, 0.6) is 0 Å². The lowest BCUT2D eigenvalue weighted by atomic mass is 10.00. The molecule has 4 nitrogen and oxygen atoms in total. The van der Waals surface area contributed by atoms with Gasteiger partial charge in [0, 0.05) is 12.5 Å². The van der Waals surface area contributed by atoms with Crippen LogP contribution in [0, 0.1) is 34.0 Å². The summed E-state index contributed by atoms with van der Waals surface area (Å²) in [5, 5.41) is 25.7. The lowest BCUT2D eigenvalue weighted by Gasteiger charge is -2.14. The Hall–Kier alpha value is -2.25. The molecule has 1 rings (SSSR count). The minimum Gasteiger partial charge on any atom is -0.476 e. The van der Waals surface area contributed by atoms with E-state index in [9.17, 15) is 0 Å². The summed E-state index contributed by atoms with van der Waals surface area (Å²) in [6.07, 6.45) is 4.68. The van der Waals surface area contributed by atoms with Crippen molar-refractivity contribution in [1.29, 1.82) is 15.8 Å². The second kappa shape index (κ2) is 3.43. The largest absolute Gasteiger partial charge is 0.476 e. The molecule has 0 aromatic rings. The molecule has 0 N–H and O–H groups in total. The summed E-state index contributed by atoms with van der Waals surface area (Å²) in [4.78, 5) is 0. The van der Waals surface area contributed by atoms with Gasteiger partial charge in [0.1, 0.15) is 23.8 Å². The number of hydrogen-bond acceptors (Lipinski definition) is 4. The van der Waals surface area contributed by atoms with E-state index in [1.807, 2.05) is 6.07 Å². The third-order valence-electron chi connectivity index (χ3n) is 1.60. The predicted molar refractivity (Wildman–Crippen MR) is 42.5 cm³/mol. The molecule has 1 atom stereocenters. The van der Waals surface area contributed by atoms with E-state index in [0.29, 0.717) is 6.42 Å². The second-order valence-corrected chi connectivity index (χ2v) is 2.48. The van der Waals surface area contributed by atoms with Crippen molar-refractivity contribution in [3.63, 3.8) is 0 Å². The number of ether oxygens (including phenoxy) is 1. The molecule has 0 aromatic carbocycles. The monoisotopic (exact) mass is 171 g/mol. The quantitative estimate of drug-likeness (QED) is 0.554. The van der Waals surface area contributed by atoms with Crippen LogP contribution in [0.15, 0.2) is 24.0 Å². The molecule has 1 aliphatic heterocycles. The van der Waals surface area contributed by atoms with Crippen LogP contribution in [0.1, 0.15) is 6.42 Å². The third kappa shape index (κ3) is 1.67. The zero-order valence-electron chi connectivity index (χ0n) is 6.69. The molecule has 0 amide bonds. The highest BCUT2D eigenvalue weighted by molar-refractivity contribution is 5.40. The smallest absolute Gasteiger partial charge is 0.217 e. The van der Waals surface area contributed by atoms with Crippen molar-refractivity contribution >= 4 is 0 Å². The third-order valence-corrected chi connectivity index (χ3v) is 1.60. The Morgan fingerprint density at radius 3 is 2.46 bits per heavy atom. The first-order chi connectivity index (χ1) is 6.26. The van der Waals surface area contributed by atoms with E-state index < -0.39 is 5.60 Å². The Kier molecular flexibility index (Phi) is 2.33. The van der Waals surface area contributed by atoms with Crippen LogP contribution in [0.3, 0.4) is 0 Å². The van der Waals surface area contributed by atoms with E-state index in [-0.39, 0.29) is 5.57 Å². The summed E-state index contributed by atoms with van der Waals surface area (Å²) in [6, 6.07) is 5.27. The van der Waals surface area contributed by atoms with Crippen molar-refractivity contribution in [2.45, 2.75) is 12.0 Å². The van der Waals surface area contributed by atoms with Gasteiger partial charge in [-0.25, -0.2) is 0 Å². The van der Waals surface area contributed by atoms with Crippen LogP contribution in [0.4, 0.5) is 0 Å². The molecule has 13 heavy (non-hydrogen) atoms. The van der Waals surface area contributed by atoms with Gasteiger partial charge in [-0.15, -0.1) is 0 Å². The second-order valence-electron chi connectivity index (χ2n) is 2.48. The Balaban J connectivity index is 2.96. The molecule has 0 aliphatic carbocycles. The average Bonchev–Trinajstić information content (AvgIpc) is 2.63. The van der Waals surface area contributed by atoms with E-state index >= 15 is 0 Å². The van der Waals surface area contributed by atoms with Crippen LogP contribution in [0.2, 0.25) is 0 Å². The summed E-state index contributed by atoms with van der Waals surface area (Å²) in [5.74, 6) is 0. The fourth-order valence-electron chi connectivity index (χ4n) is 0.961. The molecular formula is C9H5N3O. The fourth-order valence-corrected chi connectivity index (χ4v) is 0.961.